The van der Waals surface area contributed by atoms with E-state index in [2.05, 4.69) is 15.4 Å². The van der Waals surface area contributed by atoms with Crippen LogP contribution in [0.15, 0.2) is 48.5 Å². The number of likely N-dealkylation sites (tertiary alicyclic amines) is 1. The van der Waals surface area contributed by atoms with Gasteiger partial charge in [0.05, 0.1) is 5.60 Å². The highest BCUT2D eigenvalue weighted by atomic mass is 16.3. The van der Waals surface area contributed by atoms with E-state index in [0.717, 1.165) is 36.8 Å². The first kappa shape index (κ1) is 17.4. The smallest absolute Gasteiger partial charge is 0.254 e. The summed E-state index contributed by atoms with van der Waals surface area (Å²) in [6.07, 6.45) is 4.65. The highest BCUT2D eigenvalue weighted by Crippen LogP contribution is 2.47. The van der Waals surface area contributed by atoms with Crippen molar-refractivity contribution in [2.24, 2.45) is 5.92 Å². The van der Waals surface area contributed by atoms with Crippen LogP contribution in [0.5, 0.6) is 0 Å². The van der Waals surface area contributed by atoms with Crippen LogP contribution in [0.25, 0.3) is 11.0 Å². The number of rotatable bonds is 2. The van der Waals surface area contributed by atoms with Gasteiger partial charge in [0, 0.05) is 24.1 Å². The number of carbonyl (C=O) groups excluding carboxylic acids is 1. The summed E-state index contributed by atoms with van der Waals surface area (Å²) in [7, 11) is 0. The van der Waals surface area contributed by atoms with Crippen LogP contribution in [-0.2, 0) is 5.60 Å². The third-order valence-electron chi connectivity index (χ3n) is 6.57. The second-order valence-electron chi connectivity index (χ2n) is 8.02. The van der Waals surface area contributed by atoms with Gasteiger partial charge in [0.2, 0.25) is 0 Å². The summed E-state index contributed by atoms with van der Waals surface area (Å²) in [5, 5.41) is 22.4. The number of H-pyrrole nitrogens is 1. The van der Waals surface area contributed by atoms with Crippen molar-refractivity contribution in [3.63, 3.8) is 0 Å². The molecule has 0 unspecified atom stereocenters. The van der Waals surface area contributed by atoms with Gasteiger partial charge in [-0.2, -0.15) is 15.4 Å². The highest BCUT2D eigenvalue weighted by Gasteiger charge is 2.50. The molecule has 0 spiro atoms. The molecule has 2 fully saturated rings. The van der Waals surface area contributed by atoms with Crippen molar-refractivity contribution in [1.29, 1.82) is 0 Å². The van der Waals surface area contributed by atoms with Gasteiger partial charge in [-0.25, -0.2) is 0 Å². The van der Waals surface area contributed by atoms with E-state index in [1.165, 1.54) is 0 Å². The molecule has 5 rings (SSSR count). The Morgan fingerprint density at radius 2 is 1.86 bits per heavy atom. The summed E-state index contributed by atoms with van der Waals surface area (Å²) in [5.41, 5.74) is 2.20. The summed E-state index contributed by atoms with van der Waals surface area (Å²) in [6, 6.07) is 15.5. The molecule has 3 aromatic rings. The molecule has 6 nitrogen and oxygen atoms in total. The number of aromatic amines is 1. The molecule has 2 aliphatic rings. The minimum absolute atomic E-state index is 0.0249. The number of piperidine rings is 1. The van der Waals surface area contributed by atoms with Gasteiger partial charge in [0.15, 0.2) is 0 Å². The lowest BCUT2D eigenvalue weighted by atomic mass is 9.66. The number of hydrogen-bond donors (Lipinski definition) is 2. The molecule has 1 aromatic heterocycles. The molecule has 1 aliphatic heterocycles. The normalized spacial score (nSPS) is 27.5. The monoisotopic (exact) mass is 376 g/mol. The number of nitrogens with zero attached hydrogens (tertiary/aromatic N) is 3. The second-order valence-corrected chi connectivity index (χ2v) is 8.02. The Bertz CT molecular complexity index is 1000. The van der Waals surface area contributed by atoms with Gasteiger partial charge in [-0.1, -0.05) is 43.2 Å². The lowest BCUT2D eigenvalue weighted by molar-refractivity contribution is -0.110. The van der Waals surface area contributed by atoms with Crippen LogP contribution in [0.4, 0.5) is 0 Å². The van der Waals surface area contributed by atoms with Crippen molar-refractivity contribution < 1.29 is 9.90 Å². The van der Waals surface area contributed by atoms with E-state index in [-0.39, 0.29) is 17.9 Å². The van der Waals surface area contributed by atoms with Crippen LogP contribution in [0.1, 0.15) is 48.0 Å². The number of aromatic nitrogens is 3. The first-order valence-corrected chi connectivity index (χ1v) is 10.1. The predicted molar refractivity (Wildman–Crippen MR) is 106 cm³/mol. The first-order valence-electron chi connectivity index (χ1n) is 10.1. The molecule has 2 aromatic carbocycles. The molecule has 1 amide bonds. The molecule has 1 saturated carbocycles. The Hall–Kier alpha value is -2.73. The molecular formula is C22H24N4O2. The Morgan fingerprint density at radius 3 is 2.71 bits per heavy atom. The van der Waals surface area contributed by atoms with Gasteiger partial charge in [-0.05, 0) is 43.0 Å². The lowest BCUT2D eigenvalue weighted by Gasteiger charge is -2.52. The maximum Gasteiger partial charge on any atom is 0.254 e. The predicted octanol–water partition coefficient (Wildman–Crippen LogP) is 3.25. The number of carbonyl (C=O) groups is 1. The fourth-order valence-electron chi connectivity index (χ4n) is 5.16. The molecule has 6 heteroatoms. The summed E-state index contributed by atoms with van der Waals surface area (Å²) in [5.74, 6) is 0.0917. The van der Waals surface area contributed by atoms with Gasteiger partial charge in [-0.3, -0.25) is 4.79 Å². The quantitative estimate of drug-likeness (QED) is 0.719. The zero-order chi connectivity index (χ0) is 19.1. The van der Waals surface area contributed by atoms with Crippen molar-refractivity contribution in [2.45, 2.75) is 43.7 Å². The van der Waals surface area contributed by atoms with Gasteiger partial charge < -0.3 is 10.0 Å². The minimum Gasteiger partial charge on any atom is -0.385 e. The number of amides is 1. The number of hydrogen-bond acceptors (Lipinski definition) is 4. The number of fused-ring (bicyclic) bond motifs is 2. The van der Waals surface area contributed by atoms with E-state index in [1.807, 2.05) is 47.4 Å². The van der Waals surface area contributed by atoms with E-state index in [9.17, 15) is 9.90 Å². The fourth-order valence-corrected chi connectivity index (χ4v) is 5.16. The standard InChI is InChI=1S/C22H24N4O2/c27-21(15-10-11-18-19(14-15)24-25-23-18)26-13-12-22(28,16-6-2-1-3-7-16)17-8-4-5-9-20(17)26/h1-3,6-7,10-11,14,17,20,28H,4-5,8-9,12-13H2,(H,23,24,25)/t17-,20-,22+/m0/s1. The van der Waals surface area contributed by atoms with Crippen molar-refractivity contribution >= 4 is 16.9 Å². The van der Waals surface area contributed by atoms with Gasteiger partial charge >= 0.3 is 0 Å². The SMILES string of the molecule is O=C(c1ccc2n[nH]nc2c1)N1CC[C@@](O)(c2ccccc2)[C@H]2CCCC[C@@H]21. The maximum absolute atomic E-state index is 13.4. The van der Waals surface area contributed by atoms with E-state index >= 15 is 0 Å². The number of aliphatic hydroxyl groups is 1. The molecule has 3 atom stereocenters. The average Bonchev–Trinajstić information content (AvgIpc) is 3.22. The first-order chi connectivity index (χ1) is 13.7. The number of benzene rings is 2. The molecular weight excluding hydrogens is 352 g/mol. The summed E-state index contributed by atoms with van der Waals surface area (Å²) in [4.78, 5) is 15.3. The second kappa shape index (κ2) is 6.71. The average molecular weight is 376 g/mol. The molecule has 1 aliphatic carbocycles. The van der Waals surface area contributed by atoms with E-state index in [0.29, 0.717) is 24.0 Å². The topological polar surface area (TPSA) is 82.1 Å². The zero-order valence-corrected chi connectivity index (χ0v) is 15.7. The zero-order valence-electron chi connectivity index (χ0n) is 15.7. The largest absolute Gasteiger partial charge is 0.385 e. The van der Waals surface area contributed by atoms with Crippen LogP contribution < -0.4 is 0 Å². The van der Waals surface area contributed by atoms with E-state index in [4.69, 9.17) is 0 Å². The van der Waals surface area contributed by atoms with Crippen molar-refractivity contribution in [3.05, 3.63) is 59.7 Å². The van der Waals surface area contributed by atoms with E-state index < -0.39 is 5.60 Å². The third-order valence-corrected chi connectivity index (χ3v) is 6.57. The Labute approximate surface area is 163 Å². The molecule has 0 radical (unpaired) electrons. The fraction of sp³-hybridized carbons (Fsp3) is 0.409. The van der Waals surface area contributed by atoms with E-state index in [1.54, 1.807) is 6.07 Å². The highest BCUT2D eigenvalue weighted by molar-refractivity contribution is 5.97. The summed E-state index contributed by atoms with van der Waals surface area (Å²) in [6.45, 7) is 0.558. The summed E-state index contributed by atoms with van der Waals surface area (Å²) >= 11 is 0. The molecule has 2 N–H and O–H groups in total. The molecule has 1 saturated heterocycles. The van der Waals surface area contributed by atoms with Gasteiger partial charge in [0.25, 0.3) is 5.91 Å². The van der Waals surface area contributed by atoms with Crippen molar-refractivity contribution in [1.82, 2.24) is 20.3 Å². The van der Waals surface area contributed by atoms with Crippen LogP contribution in [0, 0.1) is 5.92 Å². The Morgan fingerprint density at radius 1 is 1.07 bits per heavy atom. The molecule has 144 valence electrons. The Kier molecular flexibility index (Phi) is 4.16. The van der Waals surface area contributed by atoms with Gasteiger partial charge in [-0.15, -0.1) is 0 Å². The van der Waals surface area contributed by atoms with Crippen LogP contribution in [0.2, 0.25) is 0 Å². The third kappa shape index (κ3) is 2.71. The van der Waals surface area contributed by atoms with Crippen LogP contribution >= 0.6 is 0 Å². The number of nitrogens with one attached hydrogen (secondary N) is 1. The van der Waals surface area contributed by atoms with Crippen molar-refractivity contribution in [2.75, 3.05) is 6.54 Å². The van der Waals surface area contributed by atoms with Crippen LogP contribution in [0.3, 0.4) is 0 Å². The molecule has 28 heavy (non-hydrogen) atoms. The lowest BCUT2D eigenvalue weighted by Crippen LogP contribution is -2.58. The van der Waals surface area contributed by atoms with Crippen LogP contribution in [-0.4, -0.2) is 43.9 Å². The molecule has 2 heterocycles. The summed E-state index contributed by atoms with van der Waals surface area (Å²) < 4.78 is 0. The Balaban J connectivity index is 1.47. The van der Waals surface area contributed by atoms with Crippen molar-refractivity contribution in [3.8, 4) is 0 Å². The molecule has 0 bridgehead atoms. The maximum atomic E-state index is 13.4. The minimum atomic E-state index is -0.862. The van der Waals surface area contributed by atoms with Gasteiger partial charge in [0.1, 0.15) is 11.0 Å².